The zero-order chi connectivity index (χ0) is 40.2. The molecule has 0 bridgehead atoms. The van der Waals surface area contributed by atoms with Gasteiger partial charge in [0.05, 0.1) is 17.5 Å². The Hall–Kier alpha value is -4.93. The number of aliphatic hydroxyl groups excluding tert-OH is 4. The lowest BCUT2D eigenvalue weighted by Crippen LogP contribution is -2.58. The van der Waals surface area contributed by atoms with E-state index in [9.17, 15) is 40.5 Å². The van der Waals surface area contributed by atoms with Crippen LogP contribution < -0.4 is 10.2 Å². The van der Waals surface area contributed by atoms with Gasteiger partial charge in [-0.1, -0.05) is 25.3 Å². The van der Waals surface area contributed by atoms with E-state index in [1.807, 2.05) is 36.1 Å². The largest absolute Gasteiger partial charge is 0.508 e. The van der Waals surface area contributed by atoms with Gasteiger partial charge in [-0.05, 0) is 74.0 Å². The SMILES string of the molecule is Cc1cc(=O)c2cc3c(c(-n4cc5cc[nH]c5c4)c2o1)OC(C)(C1CCCCC1)C(OOCC(O)(Cc1ccc(O)c2ccc(O)cc12)C(O)C(O)C(O)CO)C3. The molecule has 8 N–H and O–H groups in total. The first-order valence-corrected chi connectivity index (χ1v) is 19.3. The van der Waals surface area contributed by atoms with Crippen LogP contribution in [0.2, 0.25) is 0 Å². The number of aromatic nitrogens is 2. The molecule has 1 aliphatic carbocycles. The van der Waals surface area contributed by atoms with E-state index in [2.05, 4.69) is 4.98 Å². The second-order valence-electron chi connectivity index (χ2n) is 15.9. The zero-order valence-corrected chi connectivity index (χ0v) is 31.7. The lowest BCUT2D eigenvalue weighted by atomic mass is 9.72. The molecule has 0 radical (unpaired) electrons. The summed E-state index contributed by atoms with van der Waals surface area (Å²) in [6, 6.07) is 12.4. The fourth-order valence-corrected chi connectivity index (χ4v) is 8.80. The summed E-state index contributed by atoms with van der Waals surface area (Å²) >= 11 is 0. The highest BCUT2D eigenvalue weighted by molar-refractivity contribution is 5.92. The van der Waals surface area contributed by atoms with Gasteiger partial charge in [0.25, 0.3) is 0 Å². The topological polar surface area (TPSA) is 220 Å². The molecule has 1 saturated carbocycles. The number of rotatable bonds is 12. The molecule has 6 unspecified atom stereocenters. The standard InChI is InChI=1S/C43H48N2O12/c1-23-14-34(49)31-15-26-16-36(42(2,27-6-4-3-5-7-27)56-39(26)37(40(31)55-23)45-19-25-12-13-44-32(25)20-45)57-54-22-43(53,41(52)38(51)35(50)21-46)18-24-8-11-33(48)29-10-9-28(47)17-30(24)29/h8-15,17,19-20,27,35-36,38,41,44,46-48,50-53H,3-7,16,18,21-22H2,1-2H3. The molecule has 0 saturated heterocycles. The van der Waals surface area contributed by atoms with Crippen LogP contribution in [-0.2, 0) is 22.6 Å². The van der Waals surface area contributed by atoms with Crippen LogP contribution in [0.4, 0.5) is 0 Å². The van der Waals surface area contributed by atoms with E-state index < -0.39 is 55.3 Å². The number of benzene rings is 3. The third-order valence-electron chi connectivity index (χ3n) is 12.1. The molecular formula is C43H48N2O12. The Labute approximate surface area is 327 Å². The molecule has 14 heteroatoms. The minimum atomic E-state index is -2.35. The second kappa shape index (κ2) is 15.1. The Morgan fingerprint density at radius 3 is 2.54 bits per heavy atom. The quantitative estimate of drug-likeness (QED) is 0.0632. The Balaban J connectivity index is 1.17. The predicted octanol–water partition coefficient (Wildman–Crippen LogP) is 4.58. The number of phenols is 2. The first-order valence-electron chi connectivity index (χ1n) is 19.3. The summed E-state index contributed by atoms with van der Waals surface area (Å²) < 4.78 is 15.3. The zero-order valence-electron chi connectivity index (χ0n) is 31.7. The molecule has 1 fully saturated rings. The van der Waals surface area contributed by atoms with Gasteiger partial charge >= 0.3 is 0 Å². The van der Waals surface area contributed by atoms with Crippen molar-refractivity contribution >= 4 is 32.6 Å². The molecule has 1 aliphatic heterocycles. The van der Waals surface area contributed by atoms with Crippen molar-refractivity contribution in [3.05, 3.63) is 94.2 Å². The van der Waals surface area contributed by atoms with Crippen LogP contribution >= 0.6 is 0 Å². The summed E-state index contributed by atoms with van der Waals surface area (Å²) in [6.07, 6.45) is 3.64. The molecule has 8 rings (SSSR count). The van der Waals surface area contributed by atoms with Gasteiger partial charge in [0, 0.05) is 59.8 Å². The molecule has 6 atom stereocenters. The van der Waals surface area contributed by atoms with E-state index in [1.165, 1.54) is 36.4 Å². The number of aliphatic hydroxyl groups is 5. The Morgan fingerprint density at radius 1 is 1.00 bits per heavy atom. The number of ether oxygens (including phenoxy) is 1. The number of nitrogens with zero attached hydrogens (tertiary/aromatic N) is 1. The highest BCUT2D eigenvalue weighted by atomic mass is 17.2. The number of hydrogen-bond acceptors (Lipinski definition) is 12. The highest BCUT2D eigenvalue weighted by Gasteiger charge is 2.51. The van der Waals surface area contributed by atoms with Crippen molar-refractivity contribution < 1.29 is 54.7 Å². The van der Waals surface area contributed by atoms with Crippen molar-refractivity contribution in [3.8, 4) is 22.9 Å². The number of phenolic OH excluding ortho intramolecular Hbond substituents is 2. The van der Waals surface area contributed by atoms with Crippen molar-refractivity contribution in [2.45, 2.75) is 94.4 Å². The molecule has 6 aromatic rings. The molecule has 57 heavy (non-hydrogen) atoms. The number of fused-ring (bicyclic) bond motifs is 4. The summed E-state index contributed by atoms with van der Waals surface area (Å²) in [5, 5.41) is 77.1. The number of H-pyrrole nitrogens is 1. The maximum absolute atomic E-state index is 13.5. The molecule has 3 aromatic carbocycles. The van der Waals surface area contributed by atoms with Crippen molar-refractivity contribution in [3.63, 3.8) is 0 Å². The van der Waals surface area contributed by atoms with E-state index in [-0.39, 0.29) is 29.3 Å². The van der Waals surface area contributed by atoms with Crippen LogP contribution in [0.3, 0.4) is 0 Å². The van der Waals surface area contributed by atoms with Gasteiger partial charge in [-0.3, -0.25) is 4.79 Å². The van der Waals surface area contributed by atoms with Gasteiger partial charge in [0.1, 0.15) is 65.2 Å². The normalized spacial score (nSPS) is 21.6. The minimum absolute atomic E-state index is 0.0161. The van der Waals surface area contributed by atoms with Crippen LogP contribution in [0, 0.1) is 12.8 Å². The lowest BCUT2D eigenvalue weighted by Gasteiger charge is -2.48. The molecule has 0 amide bonds. The lowest BCUT2D eigenvalue weighted by molar-refractivity contribution is -0.374. The molecule has 302 valence electrons. The summed E-state index contributed by atoms with van der Waals surface area (Å²) in [5.41, 5.74) is -0.681. The first kappa shape index (κ1) is 38.9. The third kappa shape index (κ3) is 7.05. The van der Waals surface area contributed by atoms with Crippen LogP contribution in [0.15, 0.2) is 76.3 Å². The van der Waals surface area contributed by atoms with Crippen molar-refractivity contribution in [1.82, 2.24) is 9.55 Å². The monoisotopic (exact) mass is 784 g/mol. The molecule has 0 spiro atoms. The van der Waals surface area contributed by atoms with E-state index in [0.717, 1.165) is 43.0 Å². The minimum Gasteiger partial charge on any atom is -0.508 e. The van der Waals surface area contributed by atoms with E-state index >= 15 is 0 Å². The van der Waals surface area contributed by atoms with Crippen molar-refractivity contribution in [2.24, 2.45) is 5.92 Å². The van der Waals surface area contributed by atoms with E-state index in [4.69, 9.17) is 18.9 Å². The van der Waals surface area contributed by atoms with Gasteiger partial charge < -0.3 is 54.5 Å². The summed E-state index contributed by atoms with van der Waals surface area (Å²) in [7, 11) is 0. The fraction of sp³-hybridized carbons (Fsp3) is 0.419. The van der Waals surface area contributed by atoms with Crippen LogP contribution in [0.5, 0.6) is 17.2 Å². The first-order chi connectivity index (χ1) is 27.3. The van der Waals surface area contributed by atoms with Crippen molar-refractivity contribution in [2.75, 3.05) is 13.2 Å². The van der Waals surface area contributed by atoms with Gasteiger partial charge in [0.2, 0.25) is 0 Å². The number of hydrogen-bond donors (Lipinski definition) is 8. The Morgan fingerprint density at radius 2 is 1.79 bits per heavy atom. The second-order valence-corrected chi connectivity index (χ2v) is 15.9. The van der Waals surface area contributed by atoms with Crippen LogP contribution in [0.25, 0.3) is 38.3 Å². The highest BCUT2D eigenvalue weighted by Crippen LogP contribution is 2.48. The summed E-state index contributed by atoms with van der Waals surface area (Å²) in [6.45, 7) is 2.08. The number of aromatic amines is 1. The van der Waals surface area contributed by atoms with Gasteiger partial charge in [-0.2, -0.15) is 0 Å². The van der Waals surface area contributed by atoms with Gasteiger partial charge in [0.15, 0.2) is 16.8 Å². The molecule has 2 aliphatic rings. The Kier molecular flexibility index (Phi) is 10.3. The predicted molar refractivity (Wildman–Crippen MR) is 210 cm³/mol. The molecule has 3 aromatic heterocycles. The summed E-state index contributed by atoms with van der Waals surface area (Å²) in [5.74, 6) is 0.826. The Bertz CT molecular complexity index is 2460. The van der Waals surface area contributed by atoms with E-state index in [1.54, 1.807) is 13.0 Å². The average Bonchev–Trinajstić information content (AvgIpc) is 3.81. The average molecular weight is 785 g/mol. The fourth-order valence-electron chi connectivity index (χ4n) is 8.80. The number of nitrogens with one attached hydrogen (secondary N) is 1. The maximum atomic E-state index is 13.5. The van der Waals surface area contributed by atoms with Crippen LogP contribution in [-0.4, -0.2) is 94.1 Å². The van der Waals surface area contributed by atoms with Gasteiger partial charge in [-0.15, -0.1) is 0 Å². The molecular weight excluding hydrogens is 736 g/mol. The van der Waals surface area contributed by atoms with Crippen molar-refractivity contribution in [1.29, 1.82) is 0 Å². The van der Waals surface area contributed by atoms with E-state index in [0.29, 0.717) is 50.1 Å². The number of aromatic hydroxyl groups is 2. The molecule has 14 nitrogen and oxygen atoms in total. The maximum Gasteiger partial charge on any atom is 0.193 e. The smallest absolute Gasteiger partial charge is 0.193 e. The number of aryl methyl sites for hydroxylation is 1. The summed E-state index contributed by atoms with van der Waals surface area (Å²) in [4.78, 5) is 28.9. The molecule has 4 heterocycles. The van der Waals surface area contributed by atoms with Gasteiger partial charge in [-0.25, -0.2) is 9.78 Å². The third-order valence-corrected chi connectivity index (χ3v) is 12.1. The van der Waals surface area contributed by atoms with Crippen LogP contribution in [0.1, 0.15) is 55.9 Å².